The highest BCUT2D eigenvalue weighted by Crippen LogP contribution is 2.05. The molecule has 5 nitrogen and oxygen atoms in total. The van der Waals surface area contributed by atoms with Gasteiger partial charge in [-0.3, -0.25) is 9.59 Å². The molecule has 1 aromatic heterocycles. The molecule has 1 amide bonds. The molecule has 0 fully saturated rings. The van der Waals surface area contributed by atoms with E-state index in [4.69, 9.17) is 5.73 Å². The number of aryl methyl sites for hydroxylation is 2. The number of aromatic nitrogens is 1. The molecular weight excluding hydrogens is 286 g/mol. The highest BCUT2D eigenvalue weighted by atomic mass is 79.9. The lowest BCUT2D eigenvalue weighted by atomic mass is 10.3. The van der Waals surface area contributed by atoms with Crippen LogP contribution in [0.5, 0.6) is 0 Å². The molecule has 1 heterocycles. The molecule has 0 aliphatic rings. The van der Waals surface area contributed by atoms with Crippen LogP contribution in [-0.4, -0.2) is 23.6 Å². The maximum Gasteiger partial charge on any atom is 0.264 e. The van der Waals surface area contributed by atoms with Gasteiger partial charge in [0.25, 0.3) is 5.56 Å². The van der Waals surface area contributed by atoms with Crippen molar-refractivity contribution in [3.05, 3.63) is 32.7 Å². The van der Waals surface area contributed by atoms with Crippen LogP contribution in [-0.2, 0) is 11.3 Å². The van der Waals surface area contributed by atoms with Gasteiger partial charge in [-0.1, -0.05) is 0 Å². The molecule has 17 heavy (non-hydrogen) atoms. The Balaban J connectivity index is 2.63. The third-order valence-corrected chi connectivity index (χ3v) is 2.79. The first-order valence-electron chi connectivity index (χ1n) is 5.38. The van der Waals surface area contributed by atoms with E-state index >= 15 is 0 Å². The van der Waals surface area contributed by atoms with Crippen LogP contribution < -0.4 is 16.6 Å². The highest BCUT2D eigenvalue weighted by molar-refractivity contribution is 9.10. The Bertz CT molecular complexity index is 457. The van der Waals surface area contributed by atoms with Crippen molar-refractivity contribution in [2.45, 2.75) is 19.9 Å². The Hall–Kier alpha value is -1.14. The van der Waals surface area contributed by atoms with Crippen molar-refractivity contribution >= 4 is 21.8 Å². The van der Waals surface area contributed by atoms with Gasteiger partial charge in [0, 0.05) is 32.3 Å². The molecule has 3 N–H and O–H groups in total. The molecule has 6 heteroatoms. The predicted molar refractivity (Wildman–Crippen MR) is 69.8 cm³/mol. The van der Waals surface area contributed by atoms with E-state index in [0.717, 1.165) is 5.56 Å². The quantitative estimate of drug-likeness (QED) is 0.826. The van der Waals surface area contributed by atoms with Gasteiger partial charge < -0.3 is 15.6 Å². The first kappa shape index (κ1) is 13.9. The second-order valence-corrected chi connectivity index (χ2v) is 4.61. The van der Waals surface area contributed by atoms with Crippen LogP contribution in [0.3, 0.4) is 0 Å². The van der Waals surface area contributed by atoms with Gasteiger partial charge in [-0.2, -0.15) is 0 Å². The molecule has 1 rings (SSSR count). The molecule has 0 atom stereocenters. The Morgan fingerprint density at radius 1 is 1.59 bits per heavy atom. The summed E-state index contributed by atoms with van der Waals surface area (Å²) in [5, 5.41) is 2.66. The number of carbonyl (C=O) groups excluding carboxylic acids is 1. The Kier molecular flexibility index (Phi) is 5.37. The predicted octanol–water partition coefficient (Wildman–Crippen LogP) is 0.384. The van der Waals surface area contributed by atoms with Gasteiger partial charge in [-0.15, -0.1) is 0 Å². The van der Waals surface area contributed by atoms with Gasteiger partial charge in [0.1, 0.15) is 0 Å². The summed E-state index contributed by atoms with van der Waals surface area (Å²) in [6.45, 7) is 3.15. The average molecular weight is 302 g/mol. The monoisotopic (exact) mass is 301 g/mol. The van der Waals surface area contributed by atoms with Gasteiger partial charge in [0.15, 0.2) is 0 Å². The van der Waals surface area contributed by atoms with Crippen molar-refractivity contribution in [3.63, 3.8) is 0 Å². The molecule has 0 spiro atoms. The van der Waals surface area contributed by atoms with Crippen LogP contribution in [0.1, 0.15) is 12.0 Å². The lowest BCUT2D eigenvalue weighted by Crippen LogP contribution is -2.31. The van der Waals surface area contributed by atoms with Crippen molar-refractivity contribution in [3.8, 4) is 0 Å². The normalized spacial score (nSPS) is 10.3. The zero-order valence-electron chi connectivity index (χ0n) is 9.70. The fourth-order valence-electron chi connectivity index (χ4n) is 1.43. The summed E-state index contributed by atoms with van der Waals surface area (Å²) >= 11 is 3.20. The number of nitrogens with two attached hydrogens (primary N) is 1. The summed E-state index contributed by atoms with van der Waals surface area (Å²) in [5.74, 6) is -0.0972. The number of halogens is 1. The SMILES string of the molecule is Cc1cc(Br)c(=O)n(CCC(=O)NCCN)c1. The number of pyridine rings is 1. The van der Waals surface area contributed by atoms with E-state index < -0.39 is 0 Å². The summed E-state index contributed by atoms with van der Waals surface area (Å²) in [5.41, 5.74) is 6.12. The van der Waals surface area contributed by atoms with Crippen LogP contribution >= 0.6 is 15.9 Å². The topological polar surface area (TPSA) is 77.1 Å². The first-order valence-corrected chi connectivity index (χ1v) is 6.17. The minimum atomic E-state index is -0.123. The van der Waals surface area contributed by atoms with Crippen molar-refractivity contribution in [2.75, 3.05) is 13.1 Å². The lowest BCUT2D eigenvalue weighted by Gasteiger charge is -2.08. The number of hydrogen-bond donors (Lipinski definition) is 2. The third-order valence-electron chi connectivity index (χ3n) is 2.23. The van der Waals surface area contributed by atoms with E-state index in [9.17, 15) is 9.59 Å². The van der Waals surface area contributed by atoms with E-state index in [0.29, 0.717) is 24.1 Å². The van der Waals surface area contributed by atoms with Gasteiger partial charge in [0.05, 0.1) is 4.47 Å². The maximum atomic E-state index is 11.7. The van der Waals surface area contributed by atoms with Crippen molar-refractivity contribution < 1.29 is 4.79 Å². The molecule has 0 aromatic carbocycles. The number of nitrogens with zero attached hydrogens (tertiary/aromatic N) is 1. The molecule has 1 aromatic rings. The molecule has 0 bridgehead atoms. The van der Waals surface area contributed by atoms with Crippen molar-refractivity contribution in [1.82, 2.24) is 9.88 Å². The van der Waals surface area contributed by atoms with Crippen molar-refractivity contribution in [1.29, 1.82) is 0 Å². The van der Waals surface area contributed by atoms with Crippen LogP contribution in [0.4, 0.5) is 0 Å². The summed E-state index contributed by atoms with van der Waals surface area (Å²) < 4.78 is 2.04. The van der Waals surface area contributed by atoms with Crippen LogP contribution in [0.2, 0.25) is 0 Å². The molecule has 0 aliphatic carbocycles. The smallest absolute Gasteiger partial charge is 0.264 e. The third kappa shape index (κ3) is 4.32. The number of nitrogens with one attached hydrogen (secondary N) is 1. The number of amides is 1. The maximum absolute atomic E-state index is 11.7. The van der Waals surface area contributed by atoms with Crippen LogP contribution in [0.15, 0.2) is 21.5 Å². The summed E-state index contributed by atoms with van der Waals surface area (Å²) in [4.78, 5) is 23.1. The number of hydrogen-bond acceptors (Lipinski definition) is 3. The average Bonchev–Trinajstić information content (AvgIpc) is 2.29. The first-order chi connectivity index (χ1) is 8.04. The Morgan fingerprint density at radius 3 is 2.94 bits per heavy atom. The minimum Gasteiger partial charge on any atom is -0.355 e. The molecule has 0 saturated heterocycles. The van der Waals surface area contributed by atoms with Crippen molar-refractivity contribution in [2.24, 2.45) is 5.73 Å². The van der Waals surface area contributed by atoms with E-state index in [1.54, 1.807) is 12.3 Å². The fourth-order valence-corrected chi connectivity index (χ4v) is 2.02. The fraction of sp³-hybridized carbons (Fsp3) is 0.455. The molecule has 0 aliphatic heterocycles. The van der Waals surface area contributed by atoms with Gasteiger partial charge in [-0.05, 0) is 34.5 Å². The molecule has 0 radical (unpaired) electrons. The highest BCUT2D eigenvalue weighted by Gasteiger charge is 2.05. The lowest BCUT2D eigenvalue weighted by molar-refractivity contribution is -0.121. The minimum absolute atomic E-state index is 0.0972. The van der Waals surface area contributed by atoms with Crippen LogP contribution in [0.25, 0.3) is 0 Å². The number of carbonyl (C=O) groups is 1. The number of rotatable bonds is 5. The Labute approximate surface area is 108 Å². The molecule has 94 valence electrons. The summed E-state index contributed by atoms with van der Waals surface area (Å²) in [6.07, 6.45) is 2.01. The van der Waals surface area contributed by atoms with Gasteiger partial charge in [0.2, 0.25) is 5.91 Å². The molecule has 0 unspecified atom stereocenters. The molecule has 0 saturated carbocycles. The standard InChI is InChI=1S/C11H16BrN3O2/c1-8-6-9(12)11(17)15(7-8)5-2-10(16)14-4-3-13/h6-7H,2-5,13H2,1H3,(H,14,16). The summed E-state index contributed by atoms with van der Waals surface area (Å²) in [6, 6.07) is 1.76. The van der Waals surface area contributed by atoms with Gasteiger partial charge in [-0.25, -0.2) is 0 Å². The second-order valence-electron chi connectivity index (χ2n) is 3.75. The summed E-state index contributed by atoms with van der Waals surface area (Å²) in [7, 11) is 0. The molecular formula is C11H16BrN3O2. The van der Waals surface area contributed by atoms with E-state index in [1.807, 2.05) is 6.92 Å². The zero-order valence-corrected chi connectivity index (χ0v) is 11.3. The second kappa shape index (κ2) is 6.56. The zero-order chi connectivity index (χ0) is 12.8. The van der Waals surface area contributed by atoms with E-state index in [2.05, 4.69) is 21.2 Å². The van der Waals surface area contributed by atoms with Crippen LogP contribution in [0, 0.1) is 6.92 Å². The van der Waals surface area contributed by atoms with E-state index in [-0.39, 0.29) is 17.9 Å². The van der Waals surface area contributed by atoms with E-state index in [1.165, 1.54) is 4.57 Å². The van der Waals surface area contributed by atoms with Gasteiger partial charge >= 0.3 is 0 Å². The largest absolute Gasteiger partial charge is 0.355 e. The Morgan fingerprint density at radius 2 is 2.29 bits per heavy atom.